The van der Waals surface area contributed by atoms with Crippen molar-refractivity contribution in [3.8, 4) is 17.1 Å². The number of hydrogen-bond donors (Lipinski definition) is 3. The van der Waals surface area contributed by atoms with Crippen LogP contribution in [0.5, 0.6) is 5.75 Å². The Morgan fingerprint density at radius 1 is 1.31 bits per heavy atom. The Morgan fingerprint density at radius 2 is 2.17 bits per heavy atom. The molecule has 0 aliphatic rings. The highest BCUT2D eigenvalue weighted by atomic mass is 35.5. The number of carbonyl (C=O) groups excluding carboxylic acids is 1. The molecule has 0 saturated heterocycles. The average Bonchev–Trinajstić information content (AvgIpc) is 3.38. The summed E-state index contributed by atoms with van der Waals surface area (Å²) in [4.78, 5) is 24.0. The van der Waals surface area contributed by atoms with E-state index in [1.54, 1.807) is 12.5 Å². The van der Waals surface area contributed by atoms with Crippen molar-refractivity contribution in [1.29, 1.82) is 0 Å². The summed E-state index contributed by atoms with van der Waals surface area (Å²) in [5.41, 5.74) is 1.52. The monoisotopic (exact) mass is 413 g/mol. The molecule has 9 heteroatoms. The number of halogens is 2. The Kier molecular flexibility index (Phi) is 5.18. The van der Waals surface area contributed by atoms with Crippen LogP contribution in [-0.2, 0) is 6.54 Å². The SMILES string of the molecule is O=C(NCCCn1ccnc1)c1ccc(O)c2[nH]c(-c3ccc(F)c(Cl)c3)nc12. The van der Waals surface area contributed by atoms with E-state index >= 15 is 0 Å². The van der Waals surface area contributed by atoms with E-state index in [0.29, 0.717) is 34.5 Å². The lowest BCUT2D eigenvalue weighted by molar-refractivity contribution is 0.0954. The molecule has 0 aliphatic carbocycles. The third kappa shape index (κ3) is 3.93. The molecule has 2 aromatic carbocycles. The number of H-pyrrole nitrogens is 1. The number of fused-ring (bicyclic) bond motifs is 1. The minimum Gasteiger partial charge on any atom is -0.506 e. The molecule has 0 fully saturated rings. The maximum absolute atomic E-state index is 13.4. The zero-order valence-electron chi connectivity index (χ0n) is 15.2. The van der Waals surface area contributed by atoms with Gasteiger partial charge in [-0.25, -0.2) is 14.4 Å². The predicted octanol–water partition coefficient (Wildman–Crippen LogP) is 3.74. The molecule has 7 nitrogen and oxygen atoms in total. The van der Waals surface area contributed by atoms with Crippen molar-refractivity contribution in [1.82, 2.24) is 24.8 Å². The van der Waals surface area contributed by atoms with E-state index in [1.165, 1.54) is 30.3 Å². The second-order valence-electron chi connectivity index (χ2n) is 6.48. The summed E-state index contributed by atoms with van der Waals surface area (Å²) in [6, 6.07) is 7.14. The van der Waals surface area contributed by atoms with Crippen LogP contribution in [0.3, 0.4) is 0 Å². The molecule has 0 bridgehead atoms. The zero-order valence-corrected chi connectivity index (χ0v) is 15.9. The van der Waals surface area contributed by atoms with E-state index in [0.717, 1.165) is 13.0 Å². The van der Waals surface area contributed by atoms with E-state index in [1.807, 2.05) is 10.8 Å². The van der Waals surface area contributed by atoms with Crippen LogP contribution in [0.1, 0.15) is 16.8 Å². The molecular weight excluding hydrogens is 397 g/mol. The zero-order chi connectivity index (χ0) is 20.4. The summed E-state index contributed by atoms with van der Waals surface area (Å²) >= 11 is 5.85. The molecule has 148 valence electrons. The second-order valence-corrected chi connectivity index (χ2v) is 6.89. The molecule has 0 atom stereocenters. The van der Waals surface area contributed by atoms with Gasteiger partial charge in [0.25, 0.3) is 5.91 Å². The number of phenols is 1. The fourth-order valence-electron chi connectivity index (χ4n) is 3.02. The number of nitrogens with zero attached hydrogens (tertiary/aromatic N) is 3. The molecule has 0 spiro atoms. The highest BCUT2D eigenvalue weighted by Gasteiger charge is 2.17. The van der Waals surface area contributed by atoms with Crippen molar-refractivity contribution >= 4 is 28.5 Å². The number of hydrogen-bond acceptors (Lipinski definition) is 4. The summed E-state index contributed by atoms with van der Waals surface area (Å²) in [5.74, 6) is -0.498. The number of nitrogens with one attached hydrogen (secondary N) is 2. The Balaban J connectivity index is 1.56. The second kappa shape index (κ2) is 7.92. The number of aromatic hydroxyl groups is 1. The van der Waals surface area contributed by atoms with Crippen molar-refractivity contribution in [3.05, 3.63) is 65.5 Å². The largest absolute Gasteiger partial charge is 0.506 e. The molecule has 3 N–H and O–H groups in total. The number of aryl methyl sites for hydroxylation is 1. The Hall–Kier alpha value is -3.39. The molecule has 29 heavy (non-hydrogen) atoms. The molecule has 4 rings (SSSR count). The normalized spacial score (nSPS) is 11.1. The van der Waals surface area contributed by atoms with Gasteiger partial charge in [0.2, 0.25) is 0 Å². The third-order valence-electron chi connectivity index (χ3n) is 4.50. The average molecular weight is 414 g/mol. The van der Waals surface area contributed by atoms with Crippen LogP contribution in [0.2, 0.25) is 5.02 Å². The number of rotatable bonds is 6. The first-order valence-electron chi connectivity index (χ1n) is 8.94. The first-order chi connectivity index (χ1) is 14.0. The summed E-state index contributed by atoms with van der Waals surface area (Å²) < 4.78 is 15.4. The molecule has 2 aromatic heterocycles. The molecule has 1 amide bonds. The summed E-state index contributed by atoms with van der Waals surface area (Å²) in [5, 5.41) is 13.0. The predicted molar refractivity (Wildman–Crippen MR) is 107 cm³/mol. The molecule has 2 heterocycles. The number of amides is 1. The van der Waals surface area contributed by atoms with E-state index in [2.05, 4.69) is 20.3 Å². The lowest BCUT2D eigenvalue weighted by Crippen LogP contribution is -2.25. The van der Waals surface area contributed by atoms with Crippen molar-refractivity contribution < 1.29 is 14.3 Å². The summed E-state index contributed by atoms with van der Waals surface area (Å²) in [6.45, 7) is 1.22. The first-order valence-corrected chi connectivity index (χ1v) is 9.32. The fourth-order valence-corrected chi connectivity index (χ4v) is 3.20. The van der Waals surface area contributed by atoms with Gasteiger partial charge in [-0.05, 0) is 36.8 Å². The smallest absolute Gasteiger partial charge is 0.253 e. The van der Waals surface area contributed by atoms with Crippen LogP contribution < -0.4 is 5.32 Å². The van der Waals surface area contributed by atoms with Gasteiger partial charge in [-0.15, -0.1) is 0 Å². The maximum Gasteiger partial charge on any atom is 0.253 e. The fraction of sp³-hybridized carbons (Fsp3) is 0.150. The first kappa shape index (κ1) is 18.9. The topological polar surface area (TPSA) is 95.8 Å². The number of phenolic OH excluding ortho intramolecular Hbond substituents is 1. The molecule has 0 saturated carbocycles. The minimum atomic E-state index is -0.537. The number of aromatic nitrogens is 4. The van der Waals surface area contributed by atoms with E-state index in [-0.39, 0.29) is 16.7 Å². The van der Waals surface area contributed by atoms with Gasteiger partial charge in [0, 0.05) is 31.0 Å². The lowest BCUT2D eigenvalue weighted by Gasteiger charge is -2.07. The quantitative estimate of drug-likeness (QED) is 0.419. The van der Waals surface area contributed by atoms with Crippen molar-refractivity contribution in [2.45, 2.75) is 13.0 Å². The van der Waals surface area contributed by atoms with Gasteiger partial charge in [0.1, 0.15) is 28.4 Å². The van der Waals surface area contributed by atoms with Crippen molar-refractivity contribution in [3.63, 3.8) is 0 Å². The number of benzene rings is 2. The van der Waals surface area contributed by atoms with Gasteiger partial charge in [-0.2, -0.15) is 0 Å². The van der Waals surface area contributed by atoms with Gasteiger partial charge in [0.05, 0.1) is 16.9 Å². The van der Waals surface area contributed by atoms with Crippen LogP contribution in [0.15, 0.2) is 49.1 Å². The minimum absolute atomic E-state index is 0.0383. The van der Waals surface area contributed by atoms with E-state index in [4.69, 9.17) is 11.6 Å². The van der Waals surface area contributed by atoms with Gasteiger partial charge in [-0.3, -0.25) is 4.79 Å². The third-order valence-corrected chi connectivity index (χ3v) is 4.79. The Morgan fingerprint density at radius 3 is 2.93 bits per heavy atom. The van der Waals surface area contributed by atoms with E-state index < -0.39 is 5.82 Å². The van der Waals surface area contributed by atoms with Gasteiger partial charge >= 0.3 is 0 Å². The summed E-state index contributed by atoms with van der Waals surface area (Å²) in [6.07, 6.45) is 6.02. The van der Waals surface area contributed by atoms with Crippen LogP contribution in [0.4, 0.5) is 4.39 Å². The van der Waals surface area contributed by atoms with Crippen molar-refractivity contribution in [2.24, 2.45) is 0 Å². The standard InChI is InChI=1S/C20H17ClFN5O2/c21-14-10-12(2-4-15(14)22)19-25-17-13(3-5-16(28)18(17)26-19)20(29)24-6-1-8-27-9-7-23-11-27/h2-5,7,9-11,28H,1,6,8H2,(H,24,29)(H,25,26). The van der Waals surface area contributed by atoms with Crippen LogP contribution in [-0.4, -0.2) is 37.1 Å². The highest BCUT2D eigenvalue weighted by Crippen LogP contribution is 2.30. The molecule has 0 aliphatic heterocycles. The van der Waals surface area contributed by atoms with Crippen LogP contribution >= 0.6 is 11.6 Å². The number of imidazole rings is 2. The van der Waals surface area contributed by atoms with Crippen LogP contribution in [0.25, 0.3) is 22.4 Å². The number of carbonyl (C=O) groups is 1. The van der Waals surface area contributed by atoms with Gasteiger partial charge in [0.15, 0.2) is 0 Å². The summed E-state index contributed by atoms with van der Waals surface area (Å²) in [7, 11) is 0. The highest BCUT2D eigenvalue weighted by molar-refractivity contribution is 6.31. The Bertz CT molecular complexity index is 1170. The molecular formula is C20H17ClFN5O2. The van der Waals surface area contributed by atoms with E-state index in [9.17, 15) is 14.3 Å². The molecule has 0 unspecified atom stereocenters. The van der Waals surface area contributed by atoms with Crippen LogP contribution in [0, 0.1) is 5.82 Å². The Labute approximate surface area is 170 Å². The van der Waals surface area contributed by atoms with Gasteiger partial charge < -0.3 is 20.0 Å². The van der Waals surface area contributed by atoms with Gasteiger partial charge in [-0.1, -0.05) is 11.6 Å². The van der Waals surface area contributed by atoms with Crippen molar-refractivity contribution in [2.75, 3.05) is 6.54 Å². The lowest BCUT2D eigenvalue weighted by atomic mass is 10.1. The number of aromatic amines is 1. The molecule has 4 aromatic rings. The maximum atomic E-state index is 13.4. The molecule has 0 radical (unpaired) electrons.